The average molecular weight is 307 g/mol. The fourth-order valence-corrected chi connectivity index (χ4v) is 1.67. The number of hydrogen-bond acceptors (Lipinski definition) is 3. The molecule has 0 bridgehead atoms. The summed E-state index contributed by atoms with van der Waals surface area (Å²) in [4.78, 5) is 0. The third kappa shape index (κ3) is 5.33. The van der Waals surface area contributed by atoms with Crippen LogP contribution in [0.1, 0.15) is 38.0 Å². The molecule has 0 aromatic heterocycles. The summed E-state index contributed by atoms with van der Waals surface area (Å²) in [7, 11) is 0. The van der Waals surface area contributed by atoms with Crippen LogP contribution in [0, 0.1) is 17.1 Å². The number of benzene rings is 1. The van der Waals surface area contributed by atoms with Gasteiger partial charge in [0.25, 0.3) is 0 Å². The van der Waals surface area contributed by atoms with Gasteiger partial charge >= 0.3 is 0 Å². The summed E-state index contributed by atoms with van der Waals surface area (Å²) in [6.07, 6.45) is -1.05. The molecule has 0 spiro atoms. The zero-order valence-electron chi connectivity index (χ0n) is 11.0. The number of aliphatic hydroxyl groups is 1. The minimum atomic E-state index is -1.05. The van der Waals surface area contributed by atoms with Crippen LogP contribution in [0.15, 0.2) is 12.1 Å². The molecule has 0 radical (unpaired) electrons. The lowest BCUT2D eigenvalue weighted by Gasteiger charge is -2.23. The van der Waals surface area contributed by atoms with Gasteiger partial charge in [-0.3, -0.25) is 0 Å². The van der Waals surface area contributed by atoms with Crippen molar-refractivity contribution in [2.75, 3.05) is 6.54 Å². The molecule has 0 fully saturated rings. The van der Waals surface area contributed by atoms with Gasteiger partial charge in [-0.2, -0.15) is 5.26 Å². The third-order valence-corrected chi connectivity index (χ3v) is 2.59. The van der Waals surface area contributed by atoms with E-state index < -0.39 is 11.9 Å². The molecule has 1 atom stereocenters. The van der Waals surface area contributed by atoms with Gasteiger partial charge in [0, 0.05) is 22.7 Å². The van der Waals surface area contributed by atoms with Gasteiger partial charge in [0.15, 0.2) is 0 Å². The SMILES string of the molecule is CC(C)(C)NCC(O)c1cc(Cl)cc(C#N)c1F.Cl. The maximum Gasteiger partial charge on any atom is 0.146 e. The van der Waals surface area contributed by atoms with Crippen molar-refractivity contribution >= 4 is 24.0 Å². The molecular weight excluding hydrogens is 290 g/mol. The Morgan fingerprint density at radius 3 is 2.53 bits per heavy atom. The van der Waals surface area contributed by atoms with Crippen LogP contribution in [0.3, 0.4) is 0 Å². The number of nitrogens with zero attached hydrogens (tertiary/aromatic N) is 1. The van der Waals surface area contributed by atoms with Crippen molar-refractivity contribution in [3.05, 3.63) is 34.1 Å². The molecule has 19 heavy (non-hydrogen) atoms. The summed E-state index contributed by atoms with van der Waals surface area (Å²) in [5.74, 6) is -0.717. The molecule has 6 heteroatoms. The van der Waals surface area contributed by atoms with Gasteiger partial charge < -0.3 is 10.4 Å². The summed E-state index contributed by atoms with van der Waals surface area (Å²) >= 11 is 5.79. The maximum atomic E-state index is 13.9. The number of nitriles is 1. The number of nitrogens with one attached hydrogen (secondary N) is 1. The Hall–Kier alpha value is -0.860. The molecule has 1 aromatic carbocycles. The van der Waals surface area contributed by atoms with Crippen LogP contribution in [0.5, 0.6) is 0 Å². The number of aliphatic hydroxyl groups excluding tert-OH is 1. The summed E-state index contributed by atoms with van der Waals surface area (Å²) in [5, 5.41) is 22.0. The first kappa shape index (κ1) is 18.1. The van der Waals surface area contributed by atoms with Crippen molar-refractivity contribution in [1.29, 1.82) is 5.26 Å². The third-order valence-electron chi connectivity index (χ3n) is 2.37. The van der Waals surface area contributed by atoms with E-state index in [4.69, 9.17) is 16.9 Å². The van der Waals surface area contributed by atoms with Gasteiger partial charge in [0.05, 0.1) is 11.7 Å². The Morgan fingerprint density at radius 2 is 2.05 bits per heavy atom. The van der Waals surface area contributed by atoms with Crippen molar-refractivity contribution in [1.82, 2.24) is 5.32 Å². The zero-order valence-corrected chi connectivity index (χ0v) is 12.6. The maximum absolute atomic E-state index is 13.9. The molecule has 0 saturated heterocycles. The Morgan fingerprint density at radius 1 is 1.47 bits per heavy atom. The molecule has 0 heterocycles. The number of β-amino-alcohol motifs (C(OH)–C–C–N with tert-alkyl or cyclic N) is 1. The first-order valence-electron chi connectivity index (χ1n) is 5.56. The first-order chi connectivity index (χ1) is 8.24. The Bertz CT molecular complexity index is 481. The lowest BCUT2D eigenvalue weighted by molar-refractivity contribution is 0.159. The predicted octanol–water partition coefficient (Wildman–Crippen LogP) is 3.19. The van der Waals surface area contributed by atoms with E-state index in [9.17, 15) is 9.50 Å². The van der Waals surface area contributed by atoms with Crippen molar-refractivity contribution in [3.63, 3.8) is 0 Å². The van der Waals surface area contributed by atoms with Crippen LogP contribution in [-0.4, -0.2) is 17.2 Å². The zero-order chi connectivity index (χ0) is 13.9. The standard InChI is InChI=1S/C13H16ClFN2O.ClH/c1-13(2,3)17-7-11(18)10-5-9(14)4-8(6-16)12(10)15;/h4-5,11,17-18H,7H2,1-3H3;1H. The van der Waals surface area contributed by atoms with Crippen LogP contribution in [0.2, 0.25) is 5.02 Å². The highest BCUT2D eigenvalue weighted by Crippen LogP contribution is 2.24. The predicted molar refractivity (Wildman–Crippen MR) is 76.1 cm³/mol. The van der Waals surface area contributed by atoms with Gasteiger partial charge in [-0.25, -0.2) is 4.39 Å². The first-order valence-corrected chi connectivity index (χ1v) is 5.94. The molecule has 106 valence electrons. The van der Waals surface area contributed by atoms with E-state index in [1.807, 2.05) is 20.8 Å². The lowest BCUT2D eigenvalue weighted by atomic mass is 10.0. The average Bonchev–Trinajstić information content (AvgIpc) is 2.27. The highest BCUT2D eigenvalue weighted by Gasteiger charge is 2.19. The molecule has 3 nitrogen and oxygen atoms in total. The molecule has 0 aliphatic rings. The largest absolute Gasteiger partial charge is 0.387 e. The fraction of sp³-hybridized carbons (Fsp3) is 0.462. The molecule has 0 amide bonds. The molecule has 0 aliphatic carbocycles. The molecule has 1 rings (SSSR count). The second-order valence-corrected chi connectivity index (χ2v) is 5.55. The summed E-state index contributed by atoms with van der Waals surface area (Å²) in [6.45, 7) is 6.00. The molecule has 1 unspecified atom stereocenters. The Labute approximate surface area is 123 Å². The van der Waals surface area contributed by atoms with Gasteiger partial charge in [0.1, 0.15) is 11.9 Å². The van der Waals surface area contributed by atoms with Gasteiger partial charge in [-0.15, -0.1) is 12.4 Å². The monoisotopic (exact) mass is 306 g/mol. The van der Waals surface area contributed by atoms with Crippen LogP contribution < -0.4 is 5.32 Å². The van der Waals surface area contributed by atoms with E-state index in [0.717, 1.165) is 0 Å². The molecule has 1 aromatic rings. The second kappa shape index (κ2) is 7.06. The van der Waals surface area contributed by atoms with Gasteiger partial charge in [-0.05, 0) is 32.9 Å². The molecular formula is C13H17Cl2FN2O. The fourth-order valence-electron chi connectivity index (χ4n) is 1.45. The number of hydrogen-bond donors (Lipinski definition) is 2. The summed E-state index contributed by atoms with van der Waals surface area (Å²) < 4.78 is 13.9. The number of halogens is 3. The normalized spacial score (nSPS) is 12.5. The highest BCUT2D eigenvalue weighted by atomic mass is 35.5. The smallest absolute Gasteiger partial charge is 0.146 e. The topological polar surface area (TPSA) is 56.0 Å². The van der Waals surface area contributed by atoms with Gasteiger partial charge in [0.2, 0.25) is 0 Å². The van der Waals surface area contributed by atoms with Crippen molar-refractivity contribution in [3.8, 4) is 6.07 Å². The van der Waals surface area contributed by atoms with Crippen LogP contribution in [0.25, 0.3) is 0 Å². The minimum Gasteiger partial charge on any atom is -0.387 e. The van der Waals surface area contributed by atoms with E-state index in [2.05, 4.69) is 5.32 Å². The Kier molecular flexibility index (Phi) is 6.74. The van der Waals surface area contributed by atoms with E-state index in [1.165, 1.54) is 12.1 Å². The van der Waals surface area contributed by atoms with Crippen molar-refractivity contribution in [2.45, 2.75) is 32.4 Å². The minimum absolute atomic E-state index is 0. The van der Waals surface area contributed by atoms with E-state index in [1.54, 1.807) is 6.07 Å². The summed E-state index contributed by atoms with van der Waals surface area (Å²) in [6, 6.07) is 4.29. The van der Waals surface area contributed by atoms with E-state index in [-0.39, 0.29) is 40.6 Å². The van der Waals surface area contributed by atoms with E-state index >= 15 is 0 Å². The van der Waals surface area contributed by atoms with Crippen LogP contribution in [-0.2, 0) is 0 Å². The second-order valence-electron chi connectivity index (χ2n) is 5.12. The quantitative estimate of drug-likeness (QED) is 0.901. The Balaban J connectivity index is 0.00000324. The van der Waals surface area contributed by atoms with Crippen LogP contribution in [0.4, 0.5) is 4.39 Å². The van der Waals surface area contributed by atoms with Crippen molar-refractivity contribution in [2.24, 2.45) is 0 Å². The molecule has 0 saturated carbocycles. The highest BCUT2D eigenvalue weighted by molar-refractivity contribution is 6.30. The molecule has 2 N–H and O–H groups in total. The van der Waals surface area contributed by atoms with E-state index in [0.29, 0.717) is 0 Å². The van der Waals surface area contributed by atoms with Crippen molar-refractivity contribution < 1.29 is 9.50 Å². The lowest BCUT2D eigenvalue weighted by Crippen LogP contribution is -2.38. The van der Waals surface area contributed by atoms with Gasteiger partial charge in [-0.1, -0.05) is 11.6 Å². The molecule has 0 aliphatic heterocycles. The van der Waals surface area contributed by atoms with Crippen LogP contribution >= 0.6 is 24.0 Å². The summed E-state index contributed by atoms with van der Waals surface area (Å²) in [5.41, 5.74) is -0.309. The number of rotatable bonds is 3.